The molecule has 0 aliphatic rings. The van der Waals surface area contributed by atoms with Gasteiger partial charge in [0.2, 0.25) is 5.91 Å². The van der Waals surface area contributed by atoms with Crippen LogP contribution in [0.3, 0.4) is 0 Å². The molecule has 0 fully saturated rings. The lowest BCUT2D eigenvalue weighted by atomic mass is 10.1. The Morgan fingerprint density at radius 2 is 1.77 bits per heavy atom. The van der Waals surface area contributed by atoms with E-state index in [2.05, 4.69) is 20.9 Å². The maximum absolute atomic E-state index is 12.9. The maximum atomic E-state index is 12.9. The second kappa shape index (κ2) is 13.6. The molecule has 0 aromatic heterocycles. The molecule has 0 saturated carbocycles. The van der Waals surface area contributed by atoms with Crippen molar-refractivity contribution in [1.29, 1.82) is 0 Å². The number of halogens is 2. The van der Waals surface area contributed by atoms with E-state index in [0.29, 0.717) is 36.7 Å². The summed E-state index contributed by atoms with van der Waals surface area (Å²) >= 11 is 0. The number of carbonyl (C=O) groups is 2. The molecule has 0 aliphatic carbocycles. The lowest BCUT2D eigenvalue weighted by Gasteiger charge is -2.13. The van der Waals surface area contributed by atoms with Crippen LogP contribution in [-0.4, -0.2) is 56.4 Å². The summed E-state index contributed by atoms with van der Waals surface area (Å²) in [5.74, 6) is -0.172. The van der Waals surface area contributed by atoms with E-state index in [1.807, 2.05) is 25.1 Å². The van der Waals surface area contributed by atoms with Crippen molar-refractivity contribution in [3.05, 3.63) is 65.5 Å². The van der Waals surface area contributed by atoms with Crippen molar-refractivity contribution < 1.29 is 14.0 Å². The zero-order chi connectivity index (χ0) is 21.9. The maximum Gasteiger partial charge on any atom is 0.253 e. The zero-order valence-electron chi connectivity index (χ0n) is 17.9. The molecule has 0 spiro atoms. The van der Waals surface area contributed by atoms with Gasteiger partial charge < -0.3 is 20.9 Å². The second-order valence-electron chi connectivity index (χ2n) is 6.83. The molecule has 0 saturated heterocycles. The molecule has 31 heavy (non-hydrogen) atoms. The van der Waals surface area contributed by atoms with E-state index in [9.17, 15) is 14.0 Å². The molecule has 0 atom stereocenters. The third-order valence-electron chi connectivity index (χ3n) is 4.14. The summed E-state index contributed by atoms with van der Waals surface area (Å²) in [4.78, 5) is 30.0. The zero-order valence-corrected chi connectivity index (χ0v) is 20.3. The van der Waals surface area contributed by atoms with Crippen LogP contribution in [0.2, 0.25) is 0 Å². The molecule has 7 nitrogen and oxygen atoms in total. The molecule has 2 rings (SSSR count). The molecule has 0 bridgehead atoms. The molecular weight excluding hydrogens is 512 g/mol. The minimum absolute atomic E-state index is 0. The Labute approximate surface area is 199 Å². The summed E-state index contributed by atoms with van der Waals surface area (Å²) in [7, 11) is 3.45. The molecule has 0 radical (unpaired) electrons. The molecule has 168 valence electrons. The molecule has 0 aliphatic heterocycles. The number of carbonyl (C=O) groups excluding carboxylic acids is 2. The van der Waals surface area contributed by atoms with Gasteiger partial charge in [0, 0.05) is 38.4 Å². The van der Waals surface area contributed by atoms with Gasteiger partial charge in [-0.1, -0.05) is 12.1 Å². The fraction of sp³-hybridized carbons (Fsp3) is 0.318. The summed E-state index contributed by atoms with van der Waals surface area (Å²) in [6, 6.07) is 13.1. The van der Waals surface area contributed by atoms with Crippen LogP contribution in [0.15, 0.2) is 53.5 Å². The molecule has 9 heteroatoms. The number of guanidine groups is 1. The van der Waals surface area contributed by atoms with Crippen molar-refractivity contribution in [2.75, 3.05) is 39.0 Å². The normalized spacial score (nSPS) is 10.6. The standard InChI is InChI=1S/C22H28FN5O2.HI/c1-4-24-22(26-15-20(29)27-19-10-8-18(23)9-11-19)25-13-12-16-6-5-7-17(14-16)21(30)28(2)3;/h5-11,14H,4,12-13,15H2,1-3H3,(H,27,29)(H2,24,25,26);1H. The first-order chi connectivity index (χ1) is 14.4. The Bertz CT molecular complexity index is 888. The first kappa shape index (κ1) is 26.3. The monoisotopic (exact) mass is 541 g/mol. The number of aliphatic imine (C=N–C) groups is 1. The van der Waals surface area contributed by atoms with Gasteiger partial charge in [0.15, 0.2) is 5.96 Å². The average molecular weight is 541 g/mol. The van der Waals surface area contributed by atoms with Gasteiger partial charge in [0.25, 0.3) is 5.91 Å². The first-order valence-corrected chi connectivity index (χ1v) is 9.77. The lowest BCUT2D eigenvalue weighted by molar-refractivity contribution is -0.114. The molecule has 0 heterocycles. The molecular formula is C22H29FIN5O2. The predicted octanol–water partition coefficient (Wildman–Crippen LogP) is 2.88. The van der Waals surface area contributed by atoms with Gasteiger partial charge in [-0.05, 0) is 55.3 Å². The number of amides is 2. The van der Waals surface area contributed by atoms with Gasteiger partial charge in [-0.15, -0.1) is 24.0 Å². The van der Waals surface area contributed by atoms with Crippen LogP contribution in [0.5, 0.6) is 0 Å². The van der Waals surface area contributed by atoms with Crippen LogP contribution in [0.1, 0.15) is 22.8 Å². The fourth-order valence-corrected chi connectivity index (χ4v) is 2.67. The summed E-state index contributed by atoms with van der Waals surface area (Å²) in [6.45, 7) is 3.11. The van der Waals surface area contributed by atoms with Crippen LogP contribution in [-0.2, 0) is 11.2 Å². The van der Waals surface area contributed by atoms with Crippen molar-refractivity contribution in [3.63, 3.8) is 0 Å². The fourth-order valence-electron chi connectivity index (χ4n) is 2.67. The Hall–Kier alpha value is -2.69. The van der Waals surface area contributed by atoms with Crippen LogP contribution in [0.4, 0.5) is 10.1 Å². The van der Waals surface area contributed by atoms with E-state index in [0.717, 1.165) is 5.56 Å². The van der Waals surface area contributed by atoms with Gasteiger partial charge in [-0.3, -0.25) is 9.59 Å². The minimum Gasteiger partial charge on any atom is -0.357 e. The molecule has 2 amide bonds. The summed E-state index contributed by atoms with van der Waals surface area (Å²) in [6.07, 6.45) is 0.695. The van der Waals surface area contributed by atoms with Gasteiger partial charge in [-0.25, -0.2) is 9.38 Å². The van der Waals surface area contributed by atoms with E-state index in [1.165, 1.54) is 24.3 Å². The summed E-state index contributed by atoms with van der Waals surface area (Å²) in [5, 5.41) is 8.94. The van der Waals surface area contributed by atoms with Gasteiger partial charge in [0.1, 0.15) is 12.4 Å². The topological polar surface area (TPSA) is 85.8 Å². The highest BCUT2D eigenvalue weighted by Crippen LogP contribution is 2.08. The Morgan fingerprint density at radius 1 is 1.06 bits per heavy atom. The van der Waals surface area contributed by atoms with Crippen LogP contribution >= 0.6 is 24.0 Å². The largest absolute Gasteiger partial charge is 0.357 e. The number of nitrogens with one attached hydrogen (secondary N) is 3. The Balaban J connectivity index is 0.00000480. The summed E-state index contributed by atoms with van der Waals surface area (Å²) in [5.41, 5.74) is 2.19. The van der Waals surface area contributed by atoms with Crippen molar-refractivity contribution in [2.24, 2.45) is 4.99 Å². The Kier molecular flexibility index (Phi) is 11.5. The highest BCUT2D eigenvalue weighted by atomic mass is 127. The predicted molar refractivity (Wildman–Crippen MR) is 133 cm³/mol. The number of hydrogen-bond acceptors (Lipinski definition) is 3. The lowest BCUT2D eigenvalue weighted by Crippen LogP contribution is -2.39. The molecule has 2 aromatic carbocycles. The number of rotatable bonds is 8. The SMILES string of the molecule is CCNC(=NCC(=O)Nc1ccc(F)cc1)NCCc1cccc(C(=O)N(C)C)c1.I. The van der Waals surface area contributed by atoms with Crippen molar-refractivity contribution in [2.45, 2.75) is 13.3 Å². The average Bonchev–Trinajstić information content (AvgIpc) is 2.73. The summed E-state index contributed by atoms with van der Waals surface area (Å²) < 4.78 is 12.9. The quantitative estimate of drug-likeness (QED) is 0.273. The van der Waals surface area contributed by atoms with Crippen molar-refractivity contribution in [3.8, 4) is 0 Å². The number of nitrogens with zero attached hydrogens (tertiary/aromatic N) is 2. The smallest absolute Gasteiger partial charge is 0.253 e. The van der Waals surface area contributed by atoms with Crippen LogP contribution in [0.25, 0.3) is 0 Å². The van der Waals surface area contributed by atoms with Crippen LogP contribution in [0, 0.1) is 5.82 Å². The van der Waals surface area contributed by atoms with Crippen molar-refractivity contribution >= 4 is 47.4 Å². The minimum atomic E-state index is -0.360. The third-order valence-corrected chi connectivity index (χ3v) is 4.14. The van der Waals surface area contributed by atoms with Gasteiger partial charge in [0.05, 0.1) is 0 Å². The van der Waals surface area contributed by atoms with Gasteiger partial charge in [-0.2, -0.15) is 0 Å². The molecule has 0 unspecified atom stereocenters. The molecule has 3 N–H and O–H groups in total. The van der Waals surface area contributed by atoms with Crippen molar-refractivity contribution in [1.82, 2.24) is 15.5 Å². The highest BCUT2D eigenvalue weighted by Gasteiger charge is 2.08. The van der Waals surface area contributed by atoms with Gasteiger partial charge >= 0.3 is 0 Å². The van der Waals surface area contributed by atoms with Crippen LogP contribution < -0.4 is 16.0 Å². The van der Waals surface area contributed by atoms with E-state index in [4.69, 9.17) is 0 Å². The van der Waals surface area contributed by atoms with E-state index in [-0.39, 0.29) is 48.2 Å². The first-order valence-electron chi connectivity index (χ1n) is 9.77. The van der Waals surface area contributed by atoms with E-state index in [1.54, 1.807) is 25.1 Å². The highest BCUT2D eigenvalue weighted by molar-refractivity contribution is 14.0. The van der Waals surface area contributed by atoms with E-state index >= 15 is 0 Å². The van der Waals surface area contributed by atoms with E-state index < -0.39 is 0 Å². The number of benzene rings is 2. The molecule has 2 aromatic rings. The third kappa shape index (κ3) is 9.33. The second-order valence-corrected chi connectivity index (χ2v) is 6.83. The Morgan fingerprint density at radius 3 is 2.42 bits per heavy atom. The number of anilines is 1. The number of hydrogen-bond donors (Lipinski definition) is 3.